The van der Waals surface area contributed by atoms with E-state index in [1.54, 1.807) is 20.0 Å². The Morgan fingerprint density at radius 2 is 1.38 bits per heavy atom. The van der Waals surface area contributed by atoms with Crippen LogP contribution < -0.4 is 26.2 Å². The lowest BCUT2D eigenvalue weighted by molar-refractivity contribution is -0.151. The van der Waals surface area contributed by atoms with E-state index in [9.17, 15) is 34.5 Å². The molecular weight excluding hydrogens is 805 g/mol. The quantitative estimate of drug-likeness (QED) is 0.0315. The second-order valence-electron chi connectivity index (χ2n) is 18.0. The summed E-state index contributed by atoms with van der Waals surface area (Å²) in [5, 5.41) is 43.8. The number of fused-ring (bicyclic) bond motifs is 1. The van der Waals surface area contributed by atoms with Gasteiger partial charge in [0.2, 0.25) is 0 Å². The number of anilines is 1. The zero-order chi connectivity index (χ0) is 44.9. The fourth-order valence-corrected chi connectivity index (χ4v) is 11.3. The van der Waals surface area contributed by atoms with E-state index in [0.29, 0.717) is 123 Å². The van der Waals surface area contributed by atoms with Crippen molar-refractivity contribution in [2.24, 2.45) is 23.7 Å². The number of Topliss-reactive ketones (excluding diaryl/α,β-unsaturated/α-hetero) is 1. The van der Waals surface area contributed by atoms with Gasteiger partial charge in [-0.15, -0.1) is 0 Å². The van der Waals surface area contributed by atoms with Crippen LogP contribution in [0.2, 0.25) is 0 Å². The first-order valence-corrected chi connectivity index (χ1v) is 22.5. The van der Waals surface area contributed by atoms with Gasteiger partial charge in [0.25, 0.3) is 0 Å². The molecule has 13 heteroatoms. The zero-order valence-corrected chi connectivity index (χ0v) is 36.8. The molecule has 13 nitrogen and oxygen atoms in total. The number of nitrogens with one attached hydrogen (secondary N) is 2. The van der Waals surface area contributed by atoms with Crippen LogP contribution in [0.25, 0.3) is 49.2 Å². The number of phenols is 1. The van der Waals surface area contributed by atoms with Crippen LogP contribution >= 0.6 is 0 Å². The summed E-state index contributed by atoms with van der Waals surface area (Å²) in [6, 6.07) is 3.07. The fraction of sp³-hybridized carbons (Fsp3) is 0.500. The topological polar surface area (TPSA) is 198 Å². The number of carbonyl (C=O) groups is 3. The standard InChI is InChI=1S/C50H58N2O11/c1-6-62-49(59)28-14-9-27(10-15-28)20-52-34-18-30(21-53)37-38-31(22-54)19-35(56)41-43(38)44-39-33(17-24(2)36(25(3)55)45(44)48(61-5)47(41)58)32(46(57)40(34)42(37)39)16-11-26-7-12-29(13-8-26)50(60)63-23-51-4/h17-19,26-29,36,51-54,58H,6-16,20-23H2,1-5H3. The molecule has 3 aliphatic carbocycles. The maximum absolute atomic E-state index is 15.6. The molecule has 2 saturated carbocycles. The molecule has 5 aromatic carbocycles. The molecule has 1 unspecified atom stereocenters. The van der Waals surface area contributed by atoms with Gasteiger partial charge < -0.3 is 34.8 Å². The first-order chi connectivity index (χ1) is 30.4. The molecule has 2 fully saturated rings. The number of ether oxygens (including phenoxy) is 3. The minimum Gasteiger partial charge on any atom is -0.504 e. The predicted octanol–water partition coefficient (Wildman–Crippen LogP) is 6.92. The van der Waals surface area contributed by atoms with Crippen molar-refractivity contribution in [3.63, 3.8) is 0 Å². The summed E-state index contributed by atoms with van der Waals surface area (Å²) in [5.41, 5.74) is 2.67. The van der Waals surface area contributed by atoms with Crippen molar-refractivity contribution in [2.75, 3.05) is 39.4 Å². The molecule has 0 bridgehead atoms. The summed E-state index contributed by atoms with van der Waals surface area (Å²) in [5.74, 6) is -1.84. The number of phenolic OH excluding ortho intramolecular Hbond substituents is 1. The van der Waals surface area contributed by atoms with Crippen LogP contribution in [-0.4, -0.2) is 67.1 Å². The number of hydrogen-bond donors (Lipinski definition) is 5. The highest BCUT2D eigenvalue weighted by Crippen LogP contribution is 2.55. The summed E-state index contributed by atoms with van der Waals surface area (Å²) in [7, 11) is 3.11. The Kier molecular flexibility index (Phi) is 12.7. The van der Waals surface area contributed by atoms with Gasteiger partial charge in [-0.1, -0.05) is 11.6 Å². The second kappa shape index (κ2) is 18.0. The third kappa shape index (κ3) is 7.55. The van der Waals surface area contributed by atoms with Gasteiger partial charge in [-0.25, -0.2) is 0 Å². The van der Waals surface area contributed by atoms with Crippen LogP contribution in [0.1, 0.15) is 112 Å². The Labute approximate surface area is 365 Å². The van der Waals surface area contributed by atoms with Crippen LogP contribution in [0.3, 0.4) is 0 Å². The van der Waals surface area contributed by atoms with Gasteiger partial charge >= 0.3 is 11.9 Å². The van der Waals surface area contributed by atoms with Crippen molar-refractivity contribution in [1.29, 1.82) is 0 Å². The number of esters is 2. The summed E-state index contributed by atoms with van der Waals surface area (Å²) < 4.78 is 16.6. The Morgan fingerprint density at radius 1 is 0.778 bits per heavy atom. The highest BCUT2D eigenvalue weighted by Gasteiger charge is 2.37. The second-order valence-corrected chi connectivity index (χ2v) is 18.0. The molecule has 63 heavy (non-hydrogen) atoms. The van der Waals surface area contributed by atoms with Gasteiger partial charge in [0.15, 0.2) is 22.4 Å². The van der Waals surface area contributed by atoms with Crippen molar-refractivity contribution in [1.82, 2.24) is 5.32 Å². The largest absolute Gasteiger partial charge is 0.504 e. The zero-order valence-electron chi connectivity index (χ0n) is 36.8. The van der Waals surface area contributed by atoms with Gasteiger partial charge in [0.1, 0.15) is 12.5 Å². The molecule has 3 aliphatic rings. The number of rotatable bonds is 15. The molecule has 0 amide bonds. The number of carbonyl (C=O) groups excluding carboxylic acids is 3. The van der Waals surface area contributed by atoms with E-state index in [2.05, 4.69) is 10.6 Å². The van der Waals surface area contributed by atoms with Gasteiger partial charge in [0.05, 0.1) is 55.5 Å². The van der Waals surface area contributed by atoms with E-state index >= 15 is 4.79 Å². The molecule has 5 N–H and O–H groups in total. The first-order valence-electron chi connectivity index (χ1n) is 22.5. The molecule has 0 spiro atoms. The van der Waals surface area contributed by atoms with Gasteiger partial charge in [-0.2, -0.15) is 0 Å². The molecule has 5 aromatic rings. The van der Waals surface area contributed by atoms with Crippen molar-refractivity contribution < 1.29 is 43.9 Å². The van der Waals surface area contributed by atoms with Crippen molar-refractivity contribution >= 4 is 72.6 Å². The van der Waals surface area contributed by atoms with Gasteiger partial charge in [0, 0.05) is 34.1 Å². The van der Waals surface area contributed by atoms with Gasteiger partial charge in [-0.3, -0.25) is 29.3 Å². The van der Waals surface area contributed by atoms with Crippen molar-refractivity contribution in [3.8, 4) is 11.5 Å². The van der Waals surface area contributed by atoms with E-state index in [1.165, 1.54) is 20.1 Å². The monoisotopic (exact) mass is 862 g/mol. The smallest absolute Gasteiger partial charge is 0.310 e. The number of allylic oxidation sites excluding steroid dienone is 1. The Morgan fingerprint density at radius 3 is 1.97 bits per heavy atom. The fourth-order valence-electron chi connectivity index (χ4n) is 11.3. The van der Waals surface area contributed by atoms with Crippen molar-refractivity contribution in [3.05, 3.63) is 66.0 Å². The lowest BCUT2D eigenvalue weighted by atomic mass is 9.77. The number of hydrogen-bond acceptors (Lipinski definition) is 13. The highest BCUT2D eigenvalue weighted by atomic mass is 16.5. The molecule has 334 valence electrons. The van der Waals surface area contributed by atoms with Crippen LogP contribution in [0.4, 0.5) is 5.69 Å². The average Bonchev–Trinajstić information content (AvgIpc) is 3.41. The molecule has 0 aliphatic heterocycles. The van der Waals surface area contributed by atoms with Crippen LogP contribution in [0, 0.1) is 23.7 Å². The number of aliphatic hydroxyl groups excluding tert-OH is 2. The number of ketones is 1. The summed E-state index contributed by atoms with van der Waals surface area (Å²) >= 11 is 0. The lowest BCUT2D eigenvalue weighted by Gasteiger charge is -2.29. The van der Waals surface area contributed by atoms with Crippen molar-refractivity contribution in [2.45, 2.75) is 104 Å². The normalized spacial score (nSPS) is 21.3. The van der Waals surface area contributed by atoms with Gasteiger partial charge in [-0.05, 0) is 154 Å². The molecule has 0 heterocycles. The van der Waals surface area contributed by atoms with E-state index in [0.717, 1.165) is 25.7 Å². The Bertz CT molecular complexity index is 2760. The average molecular weight is 863 g/mol. The minimum absolute atomic E-state index is 0.0115. The van der Waals surface area contributed by atoms with Crippen LogP contribution in [0.15, 0.2) is 27.3 Å². The van der Waals surface area contributed by atoms with E-state index in [4.69, 9.17) is 14.2 Å². The Hall–Kier alpha value is -5.37. The predicted molar refractivity (Wildman–Crippen MR) is 243 cm³/mol. The molecule has 0 radical (unpaired) electrons. The first kappa shape index (κ1) is 44.2. The lowest BCUT2D eigenvalue weighted by Crippen LogP contribution is -2.27. The SMILES string of the molecule is CCOC(=O)C1CCC(CNc2cc(CO)c3c4c(CO)cc(=O)c5c(O)c(OC)c6c(c7c(c(CCC8CCC(C(=O)OCNC)CC8)c(=O)c2c37)C=C(C)C6C(C)=O)c54)CC1. The van der Waals surface area contributed by atoms with E-state index < -0.39 is 30.3 Å². The summed E-state index contributed by atoms with van der Waals surface area (Å²) in [6.45, 7) is 5.12. The highest BCUT2D eigenvalue weighted by molar-refractivity contribution is 6.39. The minimum atomic E-state index is -0.917. The maximum atomic E-state index is 15.6. The third-order valence-electron chi connectivity index (χ3n) is 14.3. The maximum Gasteiger partial charge on any atom is 0.310 e. The number of aliphatic hydroxyl groups is 2. The number of methoxy groups -OCH3 is 1. The third-order valence-corrected chi connectivity index (χ3v) is 14.3. The van der Waals surface area contributed by atoms with E-state index in [-0.39, 0.29) is 70.3 Å². The number of benzene rings is 5. The molecule has 0 saturated heterocycles. The molecule has 0 aromatic heterocycles. The van der Waals surface area contributed by atoms with Crippen LogP contribution in [-0.2, 0) is 43.5 Å². The Balaban J connectivity index is 1.38. The summed E-state index contributed by atoms with van der Waals surface area (Å²) in [4.78, 5) is 68.9. The van der Waals surface area contributed by atoms with E-state index in [1.807, 2.05) is 13.0 Å². The molecule has 1 atom stereocenters. The number of aromatic hydroxyl groups is 1. The molecular formula is C50H58N2O11. The summed E-state index contributed by atoms with van der Waals surface area (Å²) in [6.07, 6.45) is 8.89. The van der Waals surface area contributed by atoms with Crippen LogP contribution in [0.5, 0.6) is 11.5 Å². The molecule has 8 rings (SSSR count).